The molecule has 84 valence electrons. The van der Waals surface area contributed by atoms with Crippen molar-refractivity contribution in [1.82, 2.24) is 15.0 Å². The molecule has 2 aromatic rings. The minimum atomic E-state index is -0.374. The Balaban J connectivity index is 2.09. The van der Waals surface area contributed by atoms with Crippen LogP contribution in [0.5, 0.6) is 0 Å². The molecule has 0 saturated carbocycles. The van der Waals surface area contributed by atoms with Crippen LogP contribution in [0.15, 0.2) is 17.9 Å². The van der Waals surface area contributed by atoms with E-state index in [4.69, 9.17) is 0 Å². The Morgan fingerprint density at radius 2 is 2.25 bits per heavy atom. The highest BCUT2D eigenvalue weighted by Gasteiger charge is 2.09. The molecule has 0 saturated heterocycles. The highest BCUT2D eigenvalue weighted by Crippen LogP contribution is 2.14. The van der Waals surface area contributed by atoms with Gasteiger partial charge in [-0.1, -0.05) is 6.92 Å². The quantitative estimate of drug-likeness (QED) is 0.887. The van der Waals surface area contributed by atoms with Gasteiger partial charge in [-0.05, 0) is 6.42 Å². The Morgan fingerprint density at radius 1 is 1.38 bits per heavy atom. The van der Waals surface area contributed by atoms with Gasteiger partial charge in [-0.2, -0.15) is 0 Å². The van der Waals surface area contributed by atoms with Gasteiger partial charge in [0.15, 0.2) is 11.6 Å². The molecule has 0 atom stereocenters. The molecular formula is C10H11FN4S. The first kappa shape index (κ1) is 10.9. The van der Waals surface area contributed by atoms with E-state index in [-0.39, 0.29) is 11.6 Å². The number of nitrogens with one attached hydrogen (secondary N) is 1. The molecule has 0 aliphatic heterocycles. The number of nitrogens with zero attached hydrogens (tertiary/aromatic N) is 3. The third-order valence-corrected chi connectivity index (χ3v) is 2.87. The van der Waals surface area contributed by atoms with Crippen molar-refractivity contribution in [2.24, 2.45) is 0 Å². The second-order valence-electron chi connectivity index (χ2n) is 3.12. The Labute approximate surface area is 96.6 Å². The topological polar surface area (TPSA) is 50.7 Å². The van der Waals surface area contributed by atoms with Crippen molar-refractivity contribution in [1.29, 1.82) is 0 Å². The smallest absolute Gasteiger partial charge is 0.186 e. The Hall–Kier alpha value is -1.56. The summed E-state index contributed by atoms with van der Waals surface area (Å²) in [5.74, 6) is -0.136. The fourth-order valence-electron chi connectivity index (χ4n) is 1.28. The minimum absolute atomic E-state index is 0.238. The zero-order valence-corrected chi connectivity index (χ0v) is 9.59. The maximum atomic E-state index is 13.7. The maximum absolute atomic E-state index is 13.7. The van der Waals surface area contributed by atoms with Crippen LogP contribution in [-0.4, -0.2) is 15.0 Å². The largest absolute Gasteiger partial charge is 0.361 e. The lowest BCUT2D eigenvalue weighted by atomic mass is 10.3. The standard InChI is InChI=1S/C10H11FN4S/c1-2-7-9(11)10(15-6-14-7)13-5-8-12-3-4-16-8/h3-4,6H,2,5H2,1H3,(H,13,14,15). The summed E-state index contributed by atoms with van der Waals surface area (Å²) >= 11 is 1.52. The highest BCUT2D eigenvalue weighted by molar-refractivity contribution is 7.09. The monoisotopic (exact) mass is 238 g/mol. The second-order valence-corrected chi connectivity index (χ2v) is 4.10. The summed E-state index contributed by atoms with van der Waals surface area (Å²) in [5.41, 5.74) is 0.427. The van der Waals surface area contributed by atoms with Crippen molar-refractivity contribution in [2.75, 3.05) is 5.32 Å². The number of rotatable bonds is 4. The van der Waals surface area contributed by atoms with E-state index in [1.54, 1.807) is 6.20 Å². The molecule has 1 N–H and O–H groups in total. The molecule has 2 rings (SSSR count). The van der Waals surface area contributed by atoms with Crippen molar-refractivity contribution in [3.8, 4) is 0 Å². The van der Waals surface area contributed by atoms with E-state index >= 15 is 0 Å². The number of aryl methyl sites for hydroxylation is 1. The van der Waals surface area contributed by atoms with E-state index in [9.17, 15) is 4.39 Å². The predicted molar refractivity (Wildman–Crippen MR) is 60.8 cm³/mol. The molecule has 16 heavy (non-hydrogen) atoms. The van der Waals surface area contributed by atoms with Gasteiger partial charge < -0.3 is 5.32 Å². The second kappa shape index (κ2) is 4.98. The van der Waals surface area contributed by atoms with Gasteiger partial charge in [0.2, 0.25) is 0 Å². The van der Waals surface area contributed by atoms with Gasteiger partial charge in [0, 0.05) is 11.6 Å². The van der Waals surface area contributed by atoms with Crippen LogP contribution in [0.3, 0.4) is 0 Å². The lowest BCUT2D eigenvalue weighted by molar-refractivity contribution is 0.596. The summed E-state index contributed by atoms with van der Waals surface area (Å²) in [7, 11) is 0. The molecule has 0 bridgehead atoms. The van der Waals surface area contributed by atoms with Gasteiger partial charge >= 0.3 is 0 Å². The van der Waals surface area contributed by atoms with E-state index in [0.29, 0.717) is 18.7 Å². The molecule has 0 aliphatic carbocycles. The molecule has 2 heterocycles. The summed E-state index contributed by atoms with van der Waals surface area (Å²) in [6, 6.07) is 0. The van der Waals surface area contributed by atoms with Crippen molar-refractivity contribution in [3.63, 3.8) is 0 Å². The summed E-state index contributed by atoms with van der Waals surface area (Å²) in [6.45, 7) is 2.34. The van der Waals surface area contributed by atoms with Crippen molar-refractivity contribution in [2.45, 2.75) is 19.9 Å². The molecule has 0 aromatic carbocycles. The first-order chi connectivity index (χ1) is 7.81. The van der Waals surface area contributed by atoms with Crippen LogP contribution in [0.4, 0.5) is 10.2 Å². The Bertz CT molecular complexity index is 458. The average Bonchev–Trinajstić information content (AvgIpc) is 2.81. The van der Waals surface area contributed by atoms with E-state index in [0.717, 1.165) is 5.01 Å². The number of hydrogen-bond acceptors (Lipinski definition) is 5. The van der Waals surface area contributed by atoms with Crippen LogP contribution in [0.25, 0.3) is 0 Å². The summed E-state index contributed by atoms with van der Waals surface area (Å²) in [4.78, 5) is 11.8. The highest BCUT2D eigenvalue weighted by atomic mass is 32.1. The molecule has 6 heteroatoms. The number of halogens is 1. The van der Waals surface area contributed by atoms with Crippen LogP contribution in [0.1, 0.15) is 17.6 Å². The Kier molecular flexibility index (Phi) is 3.40. The van der Waals surface area contributed by atoms with Gasteiger partial charge in [-0.25, -0.2) is 19.3 Å². The zero-order valence-electron chi connectivity index (χ0n) is 8.77. The summed E-state index contributed by atoms with van der Waals surface area (Å²) in [6.07, 6.45) is 3.64. The number of aromatic nitrogens is 3. The maximum Gasteiger partial charge on any atom is 0.186 e. The molecule has 2 aromatic heterocycles. The van der Waals surface area contributed by atoms with E-state index in [1.807, 2.05) is 12.3 Å². The molecule has 4 nitrogen and oxygen atoms in total. The zero-order chi connectivity index (χ0) is 11.4. The number of anilines is 1. The number of thiazole rings is 1. The van der Waals surface area contributed by atoms with Crippen LogP contribution >= 0.6 is 11.3 Å². The van der Waals surface area contributed by atoms with Crippen molar-refractivity contribution >= 4 is 17.2 Å². The molecule has 0 spiro atoms. The molecule has 0 fully saturated rings. The van der Waals surface area contributed by atoms with Gasteiger partial charge in [0.1, 0.15) is 11.3 Å². The van der Waals surface area contributed by atoms with Gasteiger partial charge in [0.25, 0.3) is 0 Å². The molecule has 0 amide bonds. The van der Waals surface area contributed by atoms with E-state index < -0.39 is 0 Å². The van der Waals surface area contributed by atoms with E-state index in [1.165, 1.54) is 17.7 Å². The number of hydrogen-bond donors (Lipinski definition) is 1. The first-order valence-corrected chi connectivity index (χ1v) is 5.80. The lowest BCUT2D eigenvalue weighted by Gasteiger charge is -2.06. The summed E-state index contributed by atoms with van der Waals surface area (Å²) < 4.78 is 13.7. The molecule has 0 aliphatic rings. The fourth-order valence-corrected chi connectivity index (χ4v) is 1.83. The normalized spacial score (nSPS) is 10.4. The molecule has 0 radical (unpaired) electrons. The SMILES string of the molecule is CCc1ncnc(NCc2nccs2)c1F. The van der Waals surface area contributed by atoms with Crippen molar-refractivity contribution < 1.29 is 4.39 Å². The molecular weight excluding hydrogens is 227 g/mol. The van der Waals surface area contributed by atoms with Crippen LogP contribution < -0.4 is 5.32 Å². The first-order valence-electron chi connectivity index (χ1n) is 4.93. The van der Waals surface area contributed by atoms with Gasteiger partial charge in [0.05, 0.1) is 12.2 Å². The molecule has 0 unspecified atom stereocenters. The minimum Gasteiger partial charge on any atom is -0.361 e. The van der Waals surface area contributed by atoms with Crippen LogP contribution in [-0.2, 0) is 13.0 Å². The van der Waals surface area contributed by atoms with E-state index in [2.05, 4.69) is 20.3 Å². The van der Waals surface area contributed by atoms with Gasteiger partial charge in [-0.15, -0.1) is 11.3 Å². The average molecular weight is 238 g/mol. The van der Waals surface area contributed by atoms with Crippen LogP contribution in [0.2, 0.25) is 0 Å². The fraction of sp³-hybridized carbons (Fsp3) is 0.300. The third-order valence-electron chi connectivity index (χ3n) is 2.09. The Morgan fingerprint density at radius 3 is 2.94 bits per heavy atom. The van der Waals surface area contributed by atoms with Crippen LogP contribution in [0, 0.1) is 5.82 Å². The van der Waals surface area contributed by atoms with Gasteiger partial charge in [-0.3, -0.25) is 0 Å². The lowest BCUT2D eigenvalue weighted by Crippen LogP contribution is -2.06. The third kappa shape index (κ3) is 2.33. The van der Waals surface area contributed by atoms with Crippen molar-refractivity contribution in [3.05, 3.63) is 34.4 Å². The summed E-state index contributed by atoms with van der Waals surface area (Å²) in [5, 5.41) is 5.69. The predicted octanol–water partition coefficient (Wildman–Crippen LogP) is 2.25.